The number of benzene rings is 1. The van der Waals surface area contributed by atoms with Gasteiger partial charge in [-0.15, -0.1) is 11.3 Å². The van der Waals surface area contributed by atoms with Crippen LogP contribution < -0.4 is 5.73 Å². The first-order valence-electron chi connectivity index (χ1n) is 6.82. The second kappa shape index (κ2) is 5.00. The Morgan fingerprint density at radius 2 is 1.86 bits per heavy atom. The third-order valence-corrected chi connectivity index (χ3v) is 4.67. The van der Waals surface area contributed by atoms with Crippen LogP contribution in [0, 0.1) is 5.92 Å². The molecular weight excluding hydrogens is 284 g/mol. The maximum Gasteiger partial charge on any atom is 0.264 e. The molecule has 0 aliphatic carbocycles. The van der Waals surface area contributed by atoms with Gasteiger partial charge in [0.1, 0.15) is 0 Å². The van der Waals surface area contributed by atoms with E-state index in [2.05, 4.69) is 0 Å². The molecule has 1 aromatic heterocycles. The van der Waals surface area contributed by atoms with Crippen LogP contribution >= 0.6 is 11.3 Å². The van der Waals surface area contributed by atoms with Gasteiger partial charge in [-0.25, -0.2) is 0 Å². The molecule has 1 unspecified atom stereocenters. The highest BCUT2D eigenvalue weighted by molar-refractivity contribution is 7.10. The Balaban J connectivity index is 2.10. The predicted molar refractivity (Wildman–Crippen MR) is 83.3 cm³/mol. The van der Waals surface area contributed by atoms with Crippen LogP contribution in [0.3, 0.4) is 0 Å². The standard InChI is InChI=1S/C16H16N2O2S/c1-9(2)14(12-7-4-8-21-12)18-15(19)10-5-3-6-11(17)13(10)16(18)20/h3-9,14H,17H2,1-2H3. The lowest BCUT2D eigenvalue weighted by atomic mass is 10.0. The smallest absolute Gasteiger partial charge is 0.264 e. The number of thiophene rings is 1. The van der Waals surface area contributed by atoms with Gasteiger partial charge < -0.3 is 5.73 Å². The highest BCUT2D eigenvalue weighted by atomic mass is 32.1. The Bertz CT molecular complexity index is 707. The van der Waals surface area contributed by atoms with Crippen LogP contribution in [-0.4, -0.2) is 16.7 Å². The molecule has 0 saturated heterocycles. The van der Waals surface area contributed by atoms with Crippen LogP contribution in [0.2, 0.25) is 0 Å². The van der Waals surface area contributed by atoms with Crippen molar-refractivity contribution >= 4 is 28.8 Å². The van der Waals surface area contributed by atoms with Gasteiger partial charge in [-0.2, -0.15) is 0 Å². The summed E-state index contributed by atoms with van der Waals surface area (Å²) >= 11 is 1.56. The van der Waals surface area contributed by atoms with Gasteiger partial charge in [-0.05, 0) is 29.5 Å². The molecule has 2 aromatic rings. The van der Waals surface area contributed by atoms with Crippen LogP contribution in [-0.2, 0) is 0 Å². The summed E-state index contributed by atoms with van der Waals surface area (Å²) in [6, 6.07) is 8.67. The van der Waals surface area contributed by atoms with E-state index in [1.54, 1.807) is 29.5 Å². The van der Waals surface area contributed by atoms with Crippen molar-refractivity contribution in [2.75, 3.05) is 5.73 Å². The van der Waals surface area contributed by atoms with Crippen molar-refractivity contribution in [3.63, 3.8) is 0 Å². The zero-order chi connectivity index (χ0) is 15.1. The fourth-order valence-corrected chi connectivity index (χ4v) is 3.78. The number of hydrogen-bond donors (Lipinski definition) is 1. The number of nitrogens with zero attached hydrogens (tertiary/aromatic N) is 1. The summed E-state index contributed by atoms with van der Waals surface area (Å²) in [5.41, 5.74) is 6.99. The molecule has 2 heterocycles. The van der Waals surface area contributed by atoms with E-state index >= 15 is 0 Å². The first-order chi connectivity index (χ1) is 10.0. The van der Waals surface area contributed by atoms with E-state index in [-0.39, 0.29) is 23.8 Å². The number of carbonyl (C=O) groups is 2. The topological polar surface area (TPSA) is 63.4 Å². The predicted octanol–water partition coefficient (Wildman–Crippen LogP) is 3.32. The lowest BCUT2D eigenvalue weighted by molar-refractivity contribution is 0.0542. The highest BCUT2D eigenvalue weighted by Gasteiger charge is 2.42. The van der Waals surface area contributed by atoms with E-state index in [9.17, 15) is 9.59 Å². The fraction of sp³-hybridized carbons (Fsp3) is 0.250. The summed E-state index contributed by atoms with van der Waals surface area (Å²) in [4.78, 5) is 27.7. The molecule has 0 saturated carbocycles. The van der Waals surface area contributed by atoms with Crippen molar-refractivity contribution in [1.29, 1.82) is 0 Å². The molecule has 0 bridgehead atoms. The number of amides is 2. The monoisotopic (exact) mass is 300 g/mol. The van der Waals surface area contributed by atoms with Crippen molar-refractivity contribution in [2.24, 2.45) is 5.92 Å². The molecule has 4 nitrogen and oxygen atoms in total. The molecule has 2 N–H and O–H groups in total. The molecule has 1 aliphatic heterocycles. The SMILES string of the molecule is CC(C)C(c1cccs1)N1C(=O)c2cccc(N)c2C1=O. The molecule has 21 heavy (non-hydrogen) atoms. The highest BCUT2D eigenvalue weighted by Crippen LogP contribution is 2.38. The number of anilines is 1. The molecule has 5 heteroatoms. The van der Waals surface area contributed by atoms with E-state index in [0.717, 1.165) is 4.88 Å². The zero-order valence-electron chi connectivity index (χ0n) is 11.9. The molecule has 1 aliphatic rings. The minimum absolute atomic E-state index is 0.132. The second-order valence-corrected chi connectivity index (χ2v) is 6.43. The number of rotatable bonds is 3. The van der Waals surface area contributed by atoms with E-state index in [0.29, 0.717) is 16.8 Å². The first-order valence-corrected chi connectivity index (χ1v) is 7.70. The average molecular weight is 300 g/mol. The maximum absolute atomic E-state index is 12.7. The lowest BCUT2D eigenvalue weighted by Crippen LogP contribution is -2.36. The van der Waals surface area contributed by atoms with Gasteiger partial charge in [0.15, 0.2) is 0 Å². The fourth-order valence-electron chi connectivity index (χ4n) is 2.80. The van der Waals surface area contributed by atoms with Crippen LogP contribution in [0.1, 0.15) is 45.5 Å². The number of nitrogens with two attached hydrogens (primary N) is 1. The molecule has 3 rings (SSSR count). The summed E-state index contributed by atoms with van der Waals surface area (Å²) in [6.07, 6.45) is 0. The number of carbonyl (C=O) groups excluding carboxylic acids is 2. The van der Waals surface area contributed by atoms with Crippen molar-refractivity contribution < 1.29 is 9.59 Å². The largest absolute Gasteiger partial charge is 0.398 e. The van der Waals surface area contributed by atoms with E-state index in [1.807, 2.05) is 31.4 Å². The summed E-state index contributed by atoms with van der Waals surface area (Å²) in [5.74, 6) is -0.415. The quantitative estimate of drug-likeness (QED) is 0.698. The summed E-state index contributed by atoms with van der Waals surface area (Å²) < 4.78 is 0. The number of hydrogen-bond acceptors (Lipinski definition) is 4. The molecule has 0 radical (unpaired) electrons. The number of nitrogen functional groups attached to an aromatic ring is 1. The molecule has 1 aromatic carbocycles. The van der Waals surface area contributed by atoms with Crippen LogP contribution in [0.15, 0.2) is 35.7 Å². The van der Waals surface area contributed by atoms with Gasteiger partial charge in [0.05, 0.1) is 17.2 Å². The van der Waals surface area contributed by atoms with Crippen molar-refractivity contribution in [2.45, 2.75) is 19.9 Å². The Hall–Kier alpha value is -2.14. The molecule has 2 amide bonds. The van der Waals surface area contributed by atoms with Gasteiger partial charge in [-0.3, -0.25) is 14.5 Å². The van der Waals surface area contributed by atoms with Crippen LogP contribution in [0.25, 0.3) is 0 Å². The molecule has 0 fully saturated rings. The molecule has 1 atom stereocenters. The third kappa shape index (κ3) is 2.05. The van der Waals surface area contributed by atoms with Crippen molar-refractivity contribution in [1.82, 2.24) is 4.90 Å². The summed E-state index contributed by atoms with van der Waals surface area (Å²) in [5, 5.41) is 1.96. The van der Waals surface area contributed by atoms with Gasteiger partial charge in [0.2, 0.25) is 0 Å². The van der Waals surface area contributed by atoms with Crippen LogP contribution in [0.5, 0.6) is 0 Å². The van der Waals surface area contributed by atoms with Crippen molar-refractivity contribution in [3.05, 3.63) is 51.7 Å². The Labute approximate surface area is 127 Å². The van der Waals surface area contributed by atoms with Gasteiger partial charge in [0, 0.05) is 10.6 Å². The Morgan fingerprint density at radius 3 is 2.43 bits per heavy atom. The summed E-state index contributed by atoms with van der Waals surface area (Å²) in [6.45, 7) is 4.02. The average Bonchev–Trinajstić information content (AvgIpc) is 3.03. The van der Waals surface area contributed by atoms with Gasteiger partial charge >= 0.3 is 0 Å². The van der Waals surface area contributed by atoms with E-state index in [4.69, 9.17) is 5.73 Å². The normalized spacial score (nSPS) is 15.7. The van der Waals surface area contributed by atoms with E-state index < -0.39 is 0 Å². The Kier molecular flexibility index (Phi) is 3.29. The van der Waals surface area contributed by atoms with Gasteiger partial charge in [0.25, 0.3) is 11.8 Å². The maximum atomic E-state index is 12.7. The van der Waals surface area contributed by atoms with Gasteiger partial charge in [-0.1, -0.05) is 26.0 Å². The summed E-state index contributed by atoms with van der Waals surface area (Å²) in [7, 11) is 0. The minimum Gasteiger partial charge on any atom is -0.398 e. The lowest BCUT2D eigenvalue weighted by Gasteiger charge is -2.28. The third-order valence-electron chi connectivity index (χ3n) is 3.72. The second-order valence-electron chi connectivity index (χ2n) is 5.45. The van der Waals surface area contributed by atoms with Crippen molar-refractivity contribution in [3.8, 4) is 0 Å². The number of imide groups is 1. The minimum atomic E-state index is -0.291. The molecule has 0 spiro atoms. The molecular formula is C16H16N2O2S. The first kappa shape index (κ1) is 13.8. The Morgan fingerprint density at radius 1 is 1.10 bits per heavy atom. The number of fused-ring (bicyclic) bond motifs is 1. The zero-order valence-corrected chi connectivity index (χ0v) is 12.7. The molecule has 108 valence electrons. The van der Waals surface area contributed by atoms with Crippen LogP contribution in [0.4, 0.5) is 5.69 Å². The van der Waals surface area contributed by atoms with E-state index in [1.165, 1.54) is 4.90 Å².